The normalized spacial score (nSPS) is 12.0. The average Bonchev–Trinajstić information content (AvgIpc) is 2.77. The van der Waals surface area contributed by atoms with Crippen LogP contribution in [0.15, 0.2) is 12.4 Å². The second-order valence-corrected chi connectivity index (χ2v) is 3.95. The lowest BCUT2D eigenvalue weighted by Gasteiger charge is -2.07. The van der Waals surface area contributed by atoms with E-state index in [0.29, 0.717) is 19.7 Å². The van der Waals surface area contributed by atoms with Crippen LogP contribution in [0.1, 0.15) is 5.56 Å². The zero-order valence-electron chi connectivity index (χ0n) is 10.7. The highest BCUT2D eigenvalue weighted by atomic mass is 19.4. The van der Waals surface area contributed by atoms with Crippen LogP contribution in [-0.4, -0.2) is 49.4 Å². The Balaban J connectivity index is 2.16. The molecule has 0 saturated heterocycles. The van der Waals surface area contributed by atoms with Crippen LogP contribution in [0.3, 0.4) is 0 Å². The van der Waals surface area contributed by atoms with Crippen molar-refractivity contribution in [3.8, 4) is 0 Å². The number of ether oxygens (including phenoxy) is 2. The van der Waals surface area contributed by atoms with Gasteiger partial charge in [-0.05, 0) is 0 Å². The molecule has 0 aliphatic heterocycles. The zero-order valence-corrected chi connectivity index (χ0v) is 10.7. The van der Waals surface area contributed by atoms with Gasteiger partial charge < -0.3 is 14.8 Å². The number of alkyl halides is 3. The van der Waals surface area contributed by atoms with Crippen LogP contribution in [0.4, 0.5) is 13.2 Å². The molecule has 0 aliphatic rings. The van der Waals surface area contributed by atoms with E-state index in [9.17, 15) is 13.2 Å². The smallest absolute Gasteiger partial charge is 0.383 e. The van der Waals surface area contributed by atoms with Crippen LogP contribution in [0.25, 0.3) is 0 Å². The predicted molar refractivity (Wildman–Crippen MR) is 62.7 cm³/mol. The monoisotopic (exact) mass is 281 g/mol. The Morgan fingerprint density at radius 1 is 1.37 bits per heavy atom. The predicted octanol–water partition coefficient (Wildman–Crippen LogP) is 1.20. The minimum absolute atomic E-state index is 0.0161. The largest absolute Gasteiger partial charge is 0.411 e. The number of nitrogens with one attached hydrogen (secondary N) is 1. The fourth-order valence-electron chi connectivity index (χ4n) is 1.37. The molecular formula is C11H18F3N3O2. The molecule has 1 N–H and O–H groups in total. The van der Waals surface area contributed by atoms with Crippen LogP contribution < -0.4 is 5.32 Å². The Kier molecular flexibility index (Phi) is 6.82. The minimum Gasteiger partial charge on any atom is -0.383 e. The van der Waals surface area contributed by atoms with Crippen LogP contribution in [0, 0.1) is 0 Å². The highest BCUT2D eigenvalue weighted by molar-refractivity contribution is 5.03. The van der Waals surface area contributed by atoms with E-state index in [2.05, 4.69) is 15.2 Å². The van der Waals surface area contributed by atoms with Gasteiger partial charge in [-0.25, -0.2) is 0 Å². The quantitative estimate of drug-likeness (QED) is 0.691. The Morgan fingerprint density at radius 2 is 2.16 bits per heavy atom. The molecule has 8 heteroatoms. The van der Waals surface area contributed by atoms with Gasteiger partial charge in [-0.3, -0.25) is 4.68 Å². The maximum Gasteiger partial charge on any atom is 0.411 e. The van der Waals surface area contributed by atoms with Gasteiger partial charge in [-0.15, -0.1) is 0 Å². The van der Waals surface area contributed by atoms with E-state index in [-0.39, 0.29) is 6.61 Å². The standard InChI is InChI=1S/C11H18F3N3O2/c1-18-4-2-15-6-10-7-16-17(8-10)3-5-19-9-11(12,13)14/h7-8,15H,2-6,9H2,1H3. The molecule has 0 bridgehead atoms. The lowest BCUT2D eigenvalue weighted by Crippen LogP contribution is -2.19. The number of methoxy groups -OCH3 is 1. The highest BCUT2D eigenvalue weighted by Gasteiger charge is 2.27. The number of hydrogen-bond acceptors (Lipinski definition) is 4. The molecular weight excluding hydrogens is 263 g/mol. The summed E-state index contributed by atoms with van der Waals surface area (Å²) in [6, 6.07) is 0. The number of hydrogen-bond donors (Lipinski definition) is 1. The lowest BCUT2D eigenvalue weighted by atomic mass is 10.3. The molecule has 1 rings (SSSR count). The third kappa shape index (κ3) is 7.81. The highest BCUT2D eigenvalue weighted by Crippen LogP contribution is 2.14. The molecule has 0 aliphatic carbocycles. The first-order valence-electron chi connectivity index (χ1n) is 5.87. The third-order valence-electron chi connectivity index (χ3n) is 2.23. The Hall–Kier alpha value is -1.12. The van der Waals surface area contributed by atoms with E-state index in [1.807, 2.05) is 0 Å². The SMILES string of the molecule is COCCNCc1cnn(CCOCC(F)(F)F)c1. The van der Waals surface area contributed by atoms with E-state index in [0.717, 1.165) is 12.1 Å². The Morgan fingerprint density at radius 3 is 2.84 bits per heavy atom. The summed E-state index contributed by atoms with van der Waals surface area (Å²) in [6.45, 7) is 1.06. The lowest BCUT2D eigenvalue weighted by molar-refractivity contribution is -0.174. The molecule has 0 fully saturated rings. The molecule has 0 amide bonds. The molecule has 1 heterocycles. The first-order valence-corrected chi connectivity index (χ1v) is 5.87. The molecule has 0 radical (unpaired) electrons. The van der Waals surface area contributed by atoms with Crippen LogP contribution in [0.2, 0.25) is 0 Å². The number of halogens is 3. The van der Waals surface area contributed by atoms with E-state index < -0.39 is 12.8 Å². The van der Waals surface area contributed by atoms with Crippen LogP contribution in [0.5, 0.6) is 0 Å². The maximum absolute atomic E-state index is 11.8. The fourth-order valence-corrected chi connectivity index (χ4v) is 1.37. The van der Waals surface area contributed by atoms with E-state index in [1.54, 1.807) is 24.2 Å². The van der Waals surface area contributed by atoms with Gasteiger partial charge in [0.05, 0.1) is 26.0 Å². The summed E-state index contributed by atoms with van der Waals surface area (Å²) < 4.78 is 46.4. The van der Waals surface area contributed by atoms with E-state index in [4.69, 9.17) is 4.74 Å². The van der Waals surface area contributed by atoms with Crippen molar-refractivity contribution in [2.45, 2.75) is 19.3 Å². The molecule has 0 aromatic carbocycles. The van der Waals surface area contributed by atoms with Gasteiger partial charge >= 0.3 is 6.18 Å². The van der Waals surface area contributed by atoms with Gasteiger partial charge in [0, 0.05) is 32.0 Å². The first kappa shape index (κ1) is 15.9. The number of aromatic nitrogens is 2. The van der Waals surface area contributed by atoms with Crippen molar-refractivity contribution in [1.29, 1.82) is 0 Å². The van der Waals surface area contributed by atoms with E-state index in [1.165, 1.54) is 0 Å². The summed E-state index contributed by atoms with van der Waals surface area (Å²) in [5, 5.41) is 7.18. The molecule has 0 atom stereocenters. The first-order chi connectivity index (χ1) is 9.01. The molecule has 0 unspecified atom stereocenters. The van der Waals surface area contributed by atoms with Crippen molar-refractivity contribution < 1.29 is 22.6 Å². The Bertz CT molecular complexity index is 355. The summed E-state index contributed by atoms with van der Waals surface area (Å²) >= 11 is 0. The zero-order chi connectivity index (χ0) is 14.1. The fraction of sp³-hybridized carbons (Fsp3) is 0.727. The van der Waals surface area contributed by atoms with Gasteiger partial charge in [0.15, 0.2) is 0 Å². The molecule has 110 valence electrons. The number of nitrogens with zero attached hydrogens (tertiary/aromatic N) is 2. The molecule has 1 aromatic heterocycles. The third-order valence-corrected chi connectivity index (χ3v) is 2.23. The van der Waals surface area contributed by atoms with Gasteiger partial charge in [-0.2, -0.15) is 18.3 Å². The molecule has 0 saturated carbocycles. The molecule has 5 nitrogen and oxygen atoms in total. The summed E-state index contributed by atoms with van der Waals surface area (Å²) in [4.78, 5) is 0. The second-order valence-electron chi connectivity index (χ2n) is 3.95. The van der Waals surface area contributed by atoms with Crippen molar-refractivity contribution in [3.63, 3.8) is 0 Å². The minimum atomic E-state index is -4.28. The summed E-state index contributed by atoms with van der Waals surface area (Å²) in [7, 11) is 1.63. The molecule has 0 spiro atoms. The maximum atomic E-state index is 11.8. The molecule has 19 heavy (non-hydrogen) atoms. The van der Waals surface area contributed by atoms with Crippen molar-refractivity contribution in [2.75, 3.05) is 33.5 Å². The molecule has 1 aromatic rings. The Labute approximate surface area is 109 Å². The van der Waals surface area contributed by atoms with Gasteiger partial charge in [0.25, 0.3) is 0 Å². The topological polar surface area (TPSA) is 48.3 Å². The average molecular weight is 281 g/mol. The van der Waals surface area contributed by atoms with Gasteiger partial charge in [0.2, 0.25) is 0 Å². The summed E-state index contributed by atoms with van der Waals surface area (Å²) in [5.41, 5.74) is 0.965. The number of rotatable bonds is 9. The van der Waals surface area contributed by atoms with Crippen molar-refractivity contribution >= 4 is 0 Å². The van der Waals surface area contributed by atoms with E-state index >= 15 is 0 Å². The summed E-state index contributed by atoms with van der Waals surface area (Å²) in [5.74, 6) is 0. The van der Waals surface area contributed by atoms with Crippen LogP contribution >= 0.6 is 0 Å². The van der Waals surface area contributed by atoms with Crippen LogP contribution in [-0.2, 0) is 22.6 Å². The van der Waals surface area contributed by atoms with Gasteiger partial charge in [-0.1, -0.05) is 0 Å². The summed E-state index contributed by atoms with van der Waals surface area (Å²) in [6.07, 6.45) is -0.832. The van der Waals surface area contributed by atoms with Crippen molar-refractivity contribution in [1.82, 2.24) is 15.1 Å². The second kappa shape index (κ2) is 8.13. The van der Waals surface area contributed by atoms with Gasteiger partial charge in [0.1, 0.15) is 6.61 Å². The van der Waals surface area contributed by atoms with Crippen molar-refractivity contribution in [2.24, 2.45) is 0 Å². The van der Waals surface area contributed by atoms with Crippen molar-refractivity contribution in [3.05, 3.63) is 18.0 Å².